The molecule has 5 nitrogen and oxygen atoms in total. The Balaban J connectivity index is 0.00000338. The molecule has 0 radical (unpaired) electrons. The van der Waals surface area contributed by atoms with Gasteiger partial charge in [-0.15, -0.1) is 35.3 Å². The third-order valence-corrected chi connectivity index (χ3v) is 5.12. The van der Waals surface area contributed by atoms with Crippen molar-refractivity contribution in [3.8, 4) is 0 Å². The molecule has 7 heteroatoms. The highest BCUT2D eigenvalue weighted by molar-refractivity contribution is 14.0. The van der Waals surface area contributed by atoms with Crippen LogP contribution in [0.3, 0.4) is 0 Å². The summed E-state index contributed by atoms with van der Waals surface area (Å²) in [6.07, 6.45) is 4.06. The Kier molecular flexibility index (Phi) is 11.3. The number of aliphatic imine (C=N–C) groups is 1. The zero-order chi connectivity index (χ0) is 17.9. The van der Waals surface area contributed by atoms with E-state index in [1.807, 2.05) is 6.20 Å². The summed E-state index contributed by atoms with van der Waals surface area (Å²) in [5.41, 5.74) is 1.28. The molecule has 0 fully saturated rings. The number of aryl methyl sites for hydroxylation is 1. The van der Waals surface area contributed by atoms with E-state index in [9.17, 15) is 0 Å². The van der Waals surface area contributed by atoms with E-state index >= 15 is 0 Å². The monoisotopic (exact) mass is 487 g/mol. The van der Waals surface area contributed by atoms with Crippen molar-refractivity contribution in [2.45, 2.75) is 33.2 Å². The van der Waals surface area contributed by atoms with Gasteiger partial charge in [0.25, 0.3) is 0 Å². The van der Waals surface area contributed by atoms with Crippen LogP contribution in [0.1, 0.15) is 30.2 Å². The first kappa shape index (κ1) is 22.7. The van der Waals surface area contributed by atoms with Gasteiger partial charge in [-0.2, -0.15) is 0 Å². The number of guanidine groups is 1. The first-order valence-electron chi connectivity index (χ1n) is 8.94. The lowest BCUT2D eigenvalue weighted by atomic mass is 10.2. The Morgan fingerprint density at radius 1 is 1.19 bits per heavy atom. The van der Waals surface area contributed by atoms with Gasteiger partial charge in [-0.25, -0.2) is 4.98 Å². The lowest BCUT2D eigenvalue weighted by Crippen LogP contribution is -2.38. The average molecular weight is 487 g/mol. The van der Waals surface area contributed by atoms with Gasteiger partial charge >= 0.3 is 0 Å². The van der Waals surface area contributed by atoms with Crippen LogP contribution in [-0.4, -0.2) is 37.6 Å². The Labute approximate surface area is 178 Å². The zero-order valence-electron chi connectivity index (χ0n) is 15.9. The van der Waals surface area contributed by atoms with Crippen molar-refractivity contribution in [3.05, 3.63) is 46.4 Å². The summed E-state index contributed by atoms with van der Waals surface area (Å²) >= 11 is 1.76. The van der Waals surface area contributed by atoms with Gasteiger partial charge in [0.1, 0.15) is 5.01 Å². The maximum atomic E-state index is 4.42. The first-order valence-corrected chi connectivity index (χ1v) is 9.76. The second-order valence-corrected chi connectivity index (χ2v) is 6.89. The highest BCUT2D eigenvalue weighted by atomic mass is 127. The van der Waals surface area contributed by atoms with Crippen molar-refractivity contribution in [1.29, 1.82) is 0 Å². The fourth-order valence-electron chi connectivity index (χ4n) is 2.56. The van der Waals surface area contributed by atoms with E-state index in [2.05, 4.69) is 69.7 Å². The molecule has 144 valence electrons. The van der Waals surface area contributed by atoms with Crippen molar-refractivity contribution in [2.24, 2.45) is 4.99 Å². The highest BCUT2D eigenvalue weighted by Gasteiger charge is 2.05. The summed E-state index contributed by atoms with van der Waals surface area (Å²) in [5, 5.41) is 7.81. The molecule has 1 aromatic carbocycles. The SMILES string of the molecule is CCc1cnc(CNC(=NC)NCCCN(CC)c2ccccc2)s1.I. The summed E-state index contributed by atoms with van der Waals surface area (Å²) in [5.74, 6) is 0.830. The van der Waals surface area contributed by atoms with Crippen LogP contribution >= 0.6 is 35.3 Å². The number of aromatic nitrogens is 1. The normalized spacial score (nSPS) is 11.0. The Morgan fingerprint density at radius 3 is 2.58 bits per heavy atom. The molecule has 0 saturated carbocycles. The van der Waals surface area contributed by atoms with Crippen LogP contribution < -0.4 is 15.5 Å². The molecule has 0 aliphatic heterocycles. The first-order chi connectivity index (χ1) is 12.3. The number of benzene rings is 1. The van der Waals surface area contributed by atoms with Gasteiger partial charge < -0.3 is 15.5 Å². The van der Waals surface area contributed by atoms with Gasteiger partial charge in [-0.3, -0.25) is 4.99 Å². The van der Waals surface area contributed by atoms with E-state index in [1.54, 1.807) is 18.4 Å². The number of nitrogens with zero attached hydrogens (tertiary/aromatic N) is 3. The highest BCUT2D eigenvalue weighted by Crippen LogP contribution is 2.13. The van der Waals surface area contributed by atoms with E-state index in [4.69, 9.17) is 0 Å². The number of hydrogen-bond donors (Lipinski definition) is 2. The second-order valence-electron chi connectivity index (χ2n) is 5.70. The molecular weight excluding hydrogens is 457 g/mol. The molecular formula is C19H30IN5S. The quantitative estimate of drug-likeness (QED) is 0.244. The molecule has 0 spiro atoms. The maximum absolute atomic E-state index is 4.42. The third kappa shape index (κ3) is 7.49. The van der Waals surface area contributed by atoms with Crippen LogP contribution in [0.25, 0.3) is 0 Å². The summed E-state index contributed by atoms with van der Waals surface area (Å²) in [7, 11) is 1.80. The van der Waals surface area contributed by atoms with Gasteiger partial charge in [0.15, 0.2) is 5.96 Å². The minimum absolute atomic E-state index is 0. The van der Waals surface area contributed by atoms with Crippen molar-refractivity contribution >= 4 is 47.0 Å². The van der Waals surface area contributed by atoms with E-state index in [0.717, 1.165) is 50.0 Å². The summed E-state index contributed by atoms with van der Waals surface area (Å²) in [4.78, 5) is 12.4. The van der Waals surface area contributed by atoms with E-state index in [1.165, 1.54) is 10.6 Å². The predicted octanol–water partition coefficient (Wildman–Crippen LogP) is 3.91. The Morgan fingerprint density at radius 2 is 1.96 bits per heavy atom. The molecule has 2 rings (SSSR count). The minimum Gasteiger partial charge on any atom is -0.372 e. The Hall–Kier alpha value is -1.35. The maximum Gasteiger partial charge on any atom is 0.191 e. The lowest BCUT2D eigenvalue weighted by Gasteiger charge is -2.23. The van der Waals surface area contributed by atoms with Crippen LogP contribution in [0.5, 0.6) is 0 Å². The molecule has 0 aliphatic rings. The van der Waals surface area contributed by atoms with E-state index < -0.39 is 0 Å². The summed E-state index contributed by atoms with van der Waals surface area (Å²) < 4.78 is 0. The molecule has 26 heavy (non-hydrogen) atoms. The fourth-order valence-corrected chi connectivity index (χ4v) is 3.36. The van der Waals surface area contributed by atoms with Crippen LogP contribution in [0.2, 0.25) is 0 Å². The van der Waals surface area contributed by atoms with Crippen molar-refractivity contribution in [2.75, 3.05) is 31.6 Å². The van der Waals surface area contributed by atoms with Crippen molar-refractivity contribution < 1.29 is 0 Å². The number of anilines is 1. The molecule has 0 saturated heterocycles. The number of rotatable bonds is 9. The van der Waals surface area contributed by atoms with Crippen LogP contribution in [0.4, 0.5) is 5.69 Å². The lowest BCUT2D eigenvalue weighted by molar-refractivity contribution is 0.708. The van der Waals surface area contributed by atoms with Crippen LogP contribution in [0.15, 0.2) is 41.5 Å². The zero-order valence-corrected chi connectivity index (χ0v) is 19.0. The van der Waals surface area contributed by atoms with Gasteiger partial charge in [0.05, 0.1) is 6.54 Å². The van der Waals surface area contributed by atoms with E-state index in [-0.39, 0.29) is 24.0 Å². The summed E-state index contributed by atoms with van der Waals surface area (Å²) in [6.45, 7) is 7.99. The standard InChI is InChI=1S/C19H29N5S.HI/c1-4-17-14-22-18(25-17)15-23-19(20-3)21-12-9-13-24(5-2)16-10-7-6-8-11-16;/h6-8,10-11,14H,4-5,9,12-13,15H2,1-3H3,(H2,20,21,23);1H. The number of hydrogen-bond acceptors (Lipinski definition) is 4. The molecule has 0 unspecified atom stereocenters. The smallest absolute Gasteiger partial charge is 0.191 e. The van der Waals surface area contributed by atoms with Crippen LogP contribution in [0, 0.1) is 0 Å². The fraction of sp³-hybridized carbons (Fsp3) is 0.474. The molecule has 1 heterocycles. The van der Waals surface area contributed by atoms with Gasteiger partial charge in [-0.05, 0) is 31.9 Å². The van der Waals surface area contributed by atoms with Gasteiger partial charge in [0.2, 0.25) is 0 Å². The molecule has 0 bridgehead atoms. The molecule has 2 aromatic rings. The largest absolute Gasteiger partial charge is 0.372 e. The minimum atomic E-state index is 0. The third-order valence-electron chi connectivity index (χ3n) is 3.98. The van der Waals surface area contributed by atoms with Crippen LogP contribution in [-0.2, 0) is 13.0 Å². The molecule has 0 atom stereocenters. The Bertz CT molecular complexity index is 644. The molecule has 0 amide bonds. The van der Waals surface area contributed by atoms with E-state index in [0.29, 0.717) is 0 Å². The summed E-state index contributed by atoms with van der Waals surface area (Å²) in [6, 6.07) is 10.6. The molecule has 2 N–H and O–H groups in total. The number of nitrogens with one attached hydrogen (secondary N) is 2. The van der Waals surface area contributed by atoms with Crippen molar-refractivity contribution in [1.82, 2.24) is 15.6 Å². The van der Waals surface area contributed by atoms with Gasteiger partial charge in [0, 0.05) is 43.4 Å². The number of para-hydroxylation sites is 1. The number of thiazole rings is 1. The molecule has 1 aromatic heterocycles. The van der Waals surface area contributed by atoms with Gasteiger partial charge in [-0.1, -0.05) is 25.1 Å². The second kappa shape index (κ2) is 12.9. The molecule has 0 aliphatic carbocycles. The average Bonchev–Trinajstić information content (AvgIpc) is 3.13. The predicted molar refractivity (Wildman–Crippen MR) is 124 cm³/mol. The number of halogens is 1. The van der Waals surface area contributed by atoms with Crippen molar-refractivity contribution in [3.63, 3.8) is 0 Å². The topological polar surface area (TPSA) is 52.6 Å².